The Bertz CT molecular complexity index is 1340. The summed E-state index contributed by atoms with van der Waals surface area (Å²) in [4.78, 5) is 37.5. The minimum atomic E-state index is -0.525. The number of nitrogens with zero attached hydrogens (tertiary/aromatic N) is 3. The monoisotopic (exact) mass is 516 g/mol. The van der Waals surface area contributed by atoms with Gasteiger partial charge in [0, 0.05) is 23.6 Å². The summed E-state index contributed by atoms with van der Waals surface area (Å²) < 4.78 is 0. The summed E-state index contributed by atoms with van der Waals surface area (Å²) in [6, 6.07) is 24.6. The number of rotatable bonds is 7. The molecule has 5 rings (SSSR count). The third kappa shape index (κ3) is 5.22. The summed E-state index contributed by atoms with van der Waals surface area (Å²) in [6.07, 6.45) is 1.22. The molecule has 0 saturated carbocycles. The zero-order chi connectivity index (χ0) is 25.1. The van der Waals surface area contributed by atoms with E-state index in [0.717, 1.165) is 22.4 Å². The summed E-state index contributed by atoms with van der Waals surface area (Å²) in [7, 11) is 0. The number of hydrogen-bond acceptors (Lipinski definition) is 5. The first-order valence-corrected chi connectivity index (χ1v) is 13.1. The molecule has 0 fully saturated rings. The number of para-hydroxylation sites is 1. The summed E-state index contributed by atoms with van der Waals surface area (Å²) in [5, 5.41) is 3.71. The van der Waals surface area contributed by atoms with Gasteiger partial charge in [-0.1, -0.05) is 78.0 Å². The Morgan fingerprint density at radius 2 is 1.75 bits per heavy atom. The van der Waals surface area contributed by atoms with E-state index in [0.29, 0.717) is 35.4 Å². The van der Waals surface area contributed by atoms with Crippen molar-refractivity contribution in [1.29, 1.82) is 0 Å². The Morgan fingerprint density at radius 1 is 1.03 bits per heavy atom. The zero-order valence-corrected chi connectivity index (χ0v) is 21.3. The van der Waals surface area contributed by atoms with Crippen LogP contribution in [0.5, 0.6) is 0 Å². The number of nitrogens with one attached hydrogen (secondary N) is 1. The van der Waals surface area contributed by atoms with Crippen molar-refractivity contribution in [3.63, 3.8) is 0 Å². The molecule has 1 N–H and O–H groups in total. The second-order valence-corrected chi connectivity index (χ2v) is 10.4. The molecule has 2 aliphatic rings. The van der Waals surface area contributed by atoms with Gasteiger partial charge in [0.2, 0.25) is 5.91 Å². The van der Waals surface area contributed by atoms with Gasteiger partial charge in [-0.15, -0.1) is 0 Å². The molecule has 2 aliphatic heterocycles. The molecule has 0 aromatic heterocycles. The van der Waals surface area contributed by atoms with Gasteiger partial charge < -0.3 is 5.32 Å². The van der Waals surface area contributed by atoms with Gasteiger partial charge in [-0.05, 0) is 48.7 Å². The molecule has 2 heterocycles. The van der Waals surface area contributed by atoms with Gasteiger partial charge in [0.15, 0.2) is 5.17 Å². The Balaban J connectivity index is 1.30. The lowest BCUT2D eigenvalue weighted by Gasteiger charge is -2.27. The van der Waals surface area contributed by atoms with Gasteiger partial charge in [-0.2, -0.15) is 0 Å². The molecule has 36 heavy (non-hydrogen) atoms. The van der Waals surface area contributed by atoms with Crippen molar-refractivity contribution < 1.29 is 9.59 Å². The highest BCUT2D eigenvalue weighted by molar-refractivity contribution is 8.15. The lowest BCUT2D eigenvalue weighted by atomic mass is 10.1. The van der Waals surface area contributed by atoms with E-state index < -0.39 is 11.3 Å². The maximum Gasteiger partial charge on any atom is 0.259 e. The van der Waals surface area contributed by atoms with Crippen LogP contribution in [0.15, 0.2) is 88.8 Å². The molecule has 182 valence electrons. The SMILES string of the molecule is CC(SC1=Nc2ccccc2C2=NC(Cc3ccccc3)C(=O)N12)C(=O)NCCc1ccc(Cl)cc1. The number of halogens is 1. The van der Waals surface area contributed by atoms with Crippen LogP contribution in [0.3, 0.4) is 0 Å². The fourth-order valence-corrected chi connectivity index (χ4v) is 5.25. The molecule has 3 aromatic carbocycles. The molecular weight excluding hydrogens is 492 g/mol. The first-order valence-electron chi connectivity index (χ1n) is 11.8. The van der Waals surface area contributed by atoms with E-state index in [2.05, 4.69) is 5.32 Å². The summed E-state index contributed by atoms with van der Waals surface area (Å²) >= 11 is 7.21. The van der Waals surface area contributed by atoms with Crippen molar-refractivity contribution in [3.8, 4) is 0 Å². The Labute approximate surface area is 219 Å². The second-order valence-electron chi connectivity index (χ2n) is 8.67. The third-order valence-corrected chi connectivity index (χ3v) is 7.40. The Hall–Kier alpha value is -3.42. The Morgan fingerprint density at radius 3 is 2.53 bits per heavy atom. The van der Waals surface area contributed by atoms with Crippen LogP contribution in [0.1, 0.15) is 23.6 Å². The van der Waals surface area contributed by atoms with Crippen LogP contribution in [0.4, 0.5) is 5.69 Å². The largest absolute Gasteiger partial charge is 0.355 e. The fourth-order valence-electron chi connectivity index (χ4n) is 4.19. The first kappa shape index (κ1) is 24.3. The quantitative estimate of drug-likeness (QED) is 0.479. The minimum Gasteiger partial charge on any atom is -0.355 e. The van der Waals surface area contributed by atoms with E-state index in [1.165, 1.54) is 11.8 Å². The predicted molar refractivity (Wildman–Crippen MR) is 146 cm³/mol. The highest BCUT2D eigenvalue weighted by Gasteiger charge is 2.42. The maximum atomic E-state index is 13.5. The number of thioether (sulfide) groups is 1. The first-order chi connectivity index (χ1) is 17.5. The molecule has 8 heteroatoms. The zero-order valence-electron chi connectivity index (χ0n) is 19.7. The van der Waals surface area contributed by atoms with Crippen molar-refractivity contribution in [2.75, 3.05) is 6.54 Å². The molecule has 3 aromatic rings. The van der Waals surface area contributed by atoms with Crippen LogP contribution in [-0.4, -0.2) is 45.6 Å². The van der Waals surface area contributed by atoms with Crippen molar-refractivity contribution in [3.05, 3.63) is 101 Å². The number of carbonyl (C=O) groups is 2. The summed E-state index contributed by atoms with van der Waals surface area (Å²) in [5.74, 6) is 0.371. The number of benzene rings is 3. The van der Waals surface area contributed by atoms with Crippen LogP contribution < -0.4 is 5.32 Å². The lowest BCUT2D eigenvalue weighted by molar-refractivity contribution is -0.124. The molecule has 2 amide bonds. The van der Waals surface area contributed by atoms with Crippen molar-refractivity contribution in [2.24, 2.45) is 9.98 Å². The molecule has 0 aliphatic carbocycles. The maximum absolute atomic E-state index is 13.5. The van der Waals surface area contributed by atoms with Crippen LogP contribution >= 0.6 is 23.4 Å². The molecule has 6 nitrogen and oxygen atoms in total. The standard InChI is InChI=1S/C28H25ClN4O2S/c1-18(26(34)30-16-15-19-11-13-21(29)14-12-19)36-28-32-23-10-6-5-9-22(23)25-31-24(27(35)33(25)28)17-20-7-3-2-4-8-20/h2-14,18,24H,15-17H2,1H3,(H,30,34). The summed E-state index contributed by atoms with van der Waals surface area (Å²) in [5.41, 5.74) is 3.72. The molecule has 2 atom stereocenters. The number of fused-ring (bicyclic) bond motifs is 3. The number of aliphatic imine (C=N–C) groups is 2. The van der Waals surface area contributed by atoms with E-state index in [1.54, 1.807) is 4.90 Å². The molecule has 0 radical (unpaired) electrons. The Kier molecular flexibility index (Phi) is 7.20. The van der Waals surface area contributed by atoms with Crippen LogP contribution in [-0.2, 0) is 22.4 Å². The van der Waals surface area contributed by atoms with Gasteiger partial charge in [0.25, 0.3) is 5.91 Å². The van der Waals surface area contributed by atoms with E-state index >= 15 is 0 Å². The fraction of sp³-hybridized carbons (Fsp3) is 0.214. The van der Waals surface area contributed by atoms with Crippen LogP contribution in [0.25, 0.3) is 0 Å². The van der Waals surface area contributed by atoms with Crippen molar-refractivity contribution in [2.45, 2.75) is 31.1 Å². The number of amidine groups is 2. The average molecular weight is 517 g/mol. The van der Waals surface area contributed by atoms with Gasteiger partial charge in [-0.3, -0.25) is 14.6 Å². The minimum absolute atomic E-state index is 0.110. The van der Waals surface area contributed by atoms with Gasteiger partial charge in [-0.25, -0.2) is 9.89 Å². The van der Waals surface area contributed by atoms with Crippen LogP contribution in [0.2, 0.25) is 5.02 Å². The van der Waals surface area contributed by atoms with E-state index in [9.17, 15) is 9.59 Å². The van der Waals surface area contributed by atoms with E-state index in [1.807, 2.05) is 85.8 Å². The molecule has 0 spiro atoms. The van der Waals surface area contributed by atoms with Crippen molar-refractivity contribution >= 4 is 51.9 Å². The molecular formula is C28H25ClN4O2S. The average Bonchev–Trinajstić information content (AvgIpc) is 3.22. The van der Waals surface area contributed by atoms with E-state index in [-0.39, 0.29) is 11.8 Å². The van der Waals surface area contributed by atoms with Gasteiger partial charge in [0.1, 0.15) is 11.9 Å². The number of amides is 2. The highest BCUT2D eigenvalue weighted by atomic mass is 35.5. The number of hydrogen-bond donors (Lipinski definition) is 1. The third-order valence-electron chi connectivity index (χ3n) is 6.10. The highest BCUT2D eigenvalue weighted by Crippen LogP contribution is 2.35. The normalized spacial score (nSPS) is 17.1. The number of carbonyl (C=O) groups excluding carboxylic acids is 2. The topological polar surface area (TPSA) is 74.1 Å². The summed E-state index contributed by atoms with van der Waals surface area (Å²) in [6.45, 7) is 2.33. The van der Waals surface area contributed by atoms with Gasteiger partial charge >= 0.3 is 0 Å². The molecule has 0 saturated heterocycles. The lowest BCUT2D eigenvalue weighted by Crippen LogP contribution is -2.43. The second kappa shape index (κ2) is 10.7. The molecule has 0 bridgehead atoms. The predicted octanol–water partition coefficient (Wildman–Crippen LogP) is 5.02. The smallest absolute Gasteiger partial charge is 0.259 e. The van der Waals surface area contributed by atoms with E-state index in [4.69, 9.17) is 21.6 Å². The molecule has 2 unspecified atom stereocenters. The van der Waals surface area contributed by atoms with Gasteiger partial charge in [0.05, 0.1) is 10.9 Å². The van der Waals surface area contributed by atoms with Crippen LogP contribution in [0, 0.1) is 0 Å². The van der Waals surface area contributed by atoms with Crippen molar-refractivity contribution in [1.82, 2.24) is 10.2 Å².